The van der Waals surface area contributed by atoms with Gasteiger partial charge in [0.25, 0.3) is 0 Å². The Kier molecular flexibility index (Phi) is 3.13. The van der Waals surface area contributed by atoms with Crippen molar-refractivity contribution in [1.29, 1.82) is 0 Å². The average molecular weight is 241 g/mol. The van der Waals surface area contributed by atoms with Crippen molar-refractivity contribution in [2.24, 2.45) is 0 Å². The number of nitrogens with one attached hydrogen (secondary N) is 1. The zero-order chi connectivity index (χ0) is 12.5. The Morgan fingerprint density at radius 3 is 2.65 bits per heavy atom. The summed E-state index contributed by atoms with van der Waals surface area (Å²) < 4.78 is 38.3. The van der Waals surface area contributed by atoms with Gasteiger partial charge in [0.15, 0.2) is 0 Å². The smallest absolute Gasteiger partial charge is 0.358 e. The van der Waals surface area contributed by atoms with E-state index in [1.165, 1.54) is 6.07 Å². The maximum Gasteiger partial charge on any atom is 0.417 e. The van der Waals surface area contributed by atoms with Crippen LogP contribution in [0.4, 0.5) is 13.2 Å². The monoisotopic (exact) mass is 241 g/mol. The highest BCUT2D eigenvalue weighted by molar-refractivity contribution is 5.84. The van der Waals surface area contributed by atoms with Crippen LogP contribution < -0.4 is 0 Å². The third kappa shape index (κ3) is 2.46. The number of hydrogen-bond acceptors (Lipinski definition) is 0. The predicted molar refractivity (Wildman–Crippen MR) is 61.9 cm³/mol. The van der Waals surface area contributed by atoms with Gasteiger partial charge in [0.1, 0.15) is 0 Å². The number of aromatic nitrogens is 1. The Balaban J connectivity index is 2.46. The summed E-state index contributed by atoms with van der Waals surface area (Å²) in [5, 5.41) is 0.270. The van der Waals surface area contributed by atoms with Gasteiger partial charge in [-0.15, -0.1) is 0 Å². The Morgan fingerprint density at radius 2 is 2.00 bits per heavy atom. The van der Waals surface area contributed by atoms with Crippen LogP contribution in [0.2, 0.25) is 0 Å². The molecule has 0 bridgehead atoms. The molecule has 4 heteroatoms. The van der Waals surface area contributed by atoms with Crippen LogP contribution in [0.15, 0.2) is 24.3 Å². The third-order valence-electron chi connectivity index (χ3n) is 2.82. The molecule has 0 saturated heterocycles. The van der Waals surface area contributed by atoms with Crippen molar-refractivity contribution < 1.29 is 13.2 Å². The molecule has 0 saturated carbocycles. The van der Waals surface area contributed by atoms with Crippen LogP contribution in [0.25, 0.3) is 10.9 Å². The zero-order valence-electron chi connectivity index (χ0n) is 9.56. The lowest BCUT2D eigenvalue weighted by Crippen LogP contribution is -2.04. The number of aryl methyl sites for hydroxylation is 1. The lowest BCUT2D eigenvalue weighted by molar-refractivity contribution is -0.136. The van der Waals surface area contributed by atoms with Crippen LogP contribution in [0.1, 0.15) is 31.0 Å². The van der Waals surface area contributed by atoms with Gasteiger partial charge in [0, 0.05) is 16.6 Å². The van der Waals surface area contributed by atoms with Crippen molar-refractivity contribution in [3.05, 3.63) is 35.5 Å². The van der Waals surface area contributed by atoms with Crippen LogP contribution in [0.5, 0.6) is 0 Å². The summed E-state index contributed by atoms with van der Waals surface area (Å²) in [6, 6.07) is 5.86. The van der Waals surface area contributed by atoms with Crippen molar-refractivity contribution >= 4 is 10.9 Å². The van der Waals surface area contributed by atoms with Gasteiger partial charge in [-0.3, -0.25) is 0 Å². The fraction of sp³-hybridized carbons (Fsp3) is 0.385. The number of rotatable bonds is 3. The molecule has 0 aliphatic carbocycles. The summed E-state index contributed by atoms with van der Waals surface area (Å²) in [7, 11) is 0. The first-order valence-electron chi connectivity index (χ1n) is 5.70. The van der Waals surface area contributed by atoms with E-state index in [4.69, 9.17) is 0 Å². The second-order valence-electron chi connectivity index (χ2n) is 4.16. The fourth-order valence-corrected chi connectivity index (χ4v) is 1.96. The molecule has 92 valence electrons. The first kappa shape index (κ1) is 12.0. The highest BCUT2D eigenvalue weighted by atomic mass is 19.4. The molecule has 17 heavy (non-hydrogen) atoms. The second kappa shape index (κ2) is 4.43. The van der Waals surface area contributed by atoms with Gasteiger partial charge in [-0.25, -0.2) is 0 Å². The highest BCUT2D eigenvalue weighted by Gasteiger charge is 2.32. The van der Waals surface area contributed by atoms with Crippen molar-refractivity contribution in [3.63, 3.8) is 0 Å². The predicted octanol–water partition coefficient (Wildman–Crippen LogP) is 4.53. The van der Waals surface area contributed by atoms with Crippen LogP contribution >= 0.6 is 0 Å². The molecule has 1 nitrogen and oxygen atoms in total. The molecule has 2 aromatic rings. The molecule has 1 N–H and O–H groups in total. The lowest BCUT2D eigenvalue weighted by atomic mass is 10.1. The summed E-state index contributed by atoms with van der Waals surface area (Å²) in [5.41, 5.74) is 0.874. The highest BCUT2D eigenvalue weighted by Crippen LogP contribution is 2.35. The number of hydrogen-bond donors (Lipinski definition) is 1. The van der Waals surface area contributed by atoms with E-state index in [9.17, 15) is 13.2 Å². The van der Waals surface area contributed by atoms with Gasteiger partial charge >= 0.3 is 6.18 Å². The standard InChI is InChI=1S/C13H14F3N/c1-2-3-5-9-8-10-11(13(14,15)16)6-4-7-12(10)17-9/h4,6-8,17H,2-3,5H2,1H3. The number of halogens is 3. The molecule has 0 unspecified atom stereocenters. The summed E-state index contributed by atoms with van der Waals surface area (Å²) in [6.45, 7) is 2.06. The molecule has 0 spiro atoms. The molecule has 1 aromatic heterocycles. The van der Waals surface area contributed by atoms with E-state index >= 15 is 0 Å². The number of aromatic amines is 1. The van der Waals surface area contributed by atoms with E-state index in [-0.39, 0.29) is 5.39 Å². The van der Waals surface area contributed by atoms with Crippen LogP contribution in [0.3, 0.4) is 0 Å². The number of alkyl halides is 3. The average Bonchev–Trinajstić information content (AvgIpc) is 2.66. The molecule has 0 radical (unpaired) electrons. The number of unbranched alkanes of at least 4 members (excludes halogenated alkanes) is 1. The van der Waals surface area contributed by atoms with E-state index in [0.29, 0.717) is 5.52 Å². The lowest BCUT2D eigenvalue weighted by Gasteiger charge is -2.06. The van der Waals surface area contributed by atoms with E-state index in [0.717, 1.165) is 31.0 Å². The summed E-state index contributed by atoms with van der Waals surface area (Å²) in [6.07, 6.45) is -1.48. The van der Waals surface area contributed by atoms with Gasteiger partial charge in [-0.1, -0.05) is 19.4 Å². The van der Waals surface area contributed by atoms with E-state index in [1.807, 2.05) is 0 Å². The minimum absolute atomic E-state index is 0.270. The molecule has 0 aliphatic heterocycles. The quantitative estimate of drug-likeness (QED) is 0.812. The summed E-state index contributed by atoms with van der Waals surface area (Å²) in [4.78, 5) is 3.04. The molecular formula is C13H14F3N. The van der Waals surface area contributed by atoms with E-state index in [2.05, 4.69) is 11.9 Å². The normalized spacial score (nSPS) is 12.2. The van der Waals surface area contributed by atoms with Crippen LogP contribution in [0, 0.1) is 0 Å². The Labute approximate surface area is 97.6 Å². The van der Waals surface area contributed by atoms with E-state index < -0.39 is 11.7 Å². The number of H-pyrrole nitrogens is 1. The molecule has 1 heterocycles. The Morgan fingerprint density at radius 1 is 1.24 bits per heavy atom. The van der Waals surface area contributed by atoms with Gasteiger partial charge in [0.05, 0.1) is 5.56 Å². The molecule has 0 fully saturated rings. The number of benzene rings is 1. The third-order valence-corrected chi connectivity index (χ3v) is 2.82. The van der Waals surface area contributed by atoms with Gasteiger partial charge in [-0.05, 0) is 31.0 Å². The molecule has 0 amide bonds. The van der Waals surface area contributed by atoms with Gasteiger partial charge in [0.2, 0.25) is 0 Å². The SMILES string of the molecule is CCCCc1cc2c(C(F)(F)F)cccc2[nH]1. The van der Waals surface area contributed by atoms with Gasteiger partial charge in [-0.2, -0.15) is 13.2 Å². The van der Waals surface area contributed by atoms with Crippen molar-refractivity contribution in [1.82, 2.24) is 4.98 Å². The second-order valence-corrected chi connectivity index (χ2v) is 4.16. The minimum Gasteiger partial charge on any atom is -0.358 e. The van der Waals surface area contributed by atoms with E-state index in [1.54, 1.807) is 12.1 Å². The molecule has 0 atom stereocenters. The first-order chi connectivity index (χ1) is 8.02. The maximum absolute atomic E-state index is 12.8. The van der Waals surface area contributed by atoms with Crippen LogP contribution in [-0.2, 0) is 12.6 Å². The summed E-state index contributed by atoms with van der Waals surface area (Å²) >= 11 is 0. The topological polar surface area (TPSA) is 15.8 Å². The van der Waals surface area contributed by atoms with Crippen molar-refractivity contribution in [2.45, 2.75) is 32.4 Å². The molecule has 2 rings (SSSR count). The van der Waals surface area contributed by atoms with Crippen LogP contribution in [-0.4, -0.2) is 4.98 Å². The first-order valence-corrected chi connectivity index (χ1v) is 5.70. The maximum atomic E-state index is 12.8. The Hall–Kier alpha value is -1.45. The molecule has 0 aliphatic rings. The molecular weight excluding hydrogens is 227 g/mol. The van der Waals surface area contributed by atoms with Crippen molar-refractivity contribution in [2.75, 3.05) is 0 Å². The Bertz CT molecular complexity index is 511. The zero-order valence-corrected chi connectivity index (χ0v) is 9.56. The van der Waals surface area contributed by atoms with Gasteiger partial charge < -0.3 is 4.98 Å². The fourth-order valence-electron chi connectivity index (χ4n) is 1.96. The number of fused-ring (bicyclic) bond motifs is 1. The molecule has 1 aromatic carbocycles. The van der Waals surface area contributed by atoms with Crippen molar-refractivity contribution in [3.8, 4) is 0 Å². The largest absolute Gasteiger partial charge is 0.417 e. The minimum atomic E-state index is -4.29. The summed E-state index contributed by atoms with van der Waals surface area (Å²) in [5.74, 6) is 0.